The molecule has 94 valence electrons. The first-order valence-electron chi connectivity index (χ1n) is 5.21. The second-order valence-electron chi connectivity index (χ2n) is 4.17. The van der Waals surface area contributed by atoms with Crippen LogP contribution in [0.4, 0.5) is 5.69 Å². The third-order valence-corrected chi connectivity index (χ3v) is 2.72. The monoisotopic (exact) mass is 258 g/mol. The molecule has 0 radical (unpaired) electrons. The van der Waals surface area contributed by atoms with Gasteiger partial charge in [0.15, 0.2) is 5.75 Å². The van der Waals surface area contributed by atoms with Crippen molar-refractivity contribution < 1.29 is 9.66 Å². The fraction of sp³-hybridized carbons (Fsp3) is 0.455. The zero-order valence-electron chi connectivity index (χ0n) is 9.77. The fourth-order valence-electron chi connectivity index (χ4n) is 1.10. The molecule has 5 nitrogen and oxygen atoms in total. The summed E-state index contributed by atoms with van der Waals surface area (Å²) in [5, 5.41) is 11.1. The first-order valence-corrected chi connectivity index (χ1v) is 5.59. The maximum Gasteiger partial charge on any atom is 0.312 e. The molecule has 0 saturated heterocycles. The van der Waals surface area contributed by atoms with Gasteiger partial charge >= 0.3 is 5.69 Å². The number of rotatable bonds is 5. The summed E-state index contributed by atoms with van der Waals surface area (Å²) in [6.45, 7) is 3.97. The Balaban J connectivity index is 2.88. The van der Waals surface area contributed by atoms with Gasteiger partial charge in [0.2, 0.25) is 0 Å². The Labute approximate surface area is 105 Å². The van der Waals surface area contributed by atoms with Crippen molar-refractivity contribution in [2.45, 2.75) is 25.8 Å². The first-order chi connectivity index (χ1) is 7.85. The molecule has 1 aromatic carbocycles. The predicted molar refractivity (Wildman–Crippen MR) is 66.5 cm³/mol. The number of hydrogen-bond donors (Lipinski definition) is 1. The lowest BCUT2D eigenvalue weighted by Crippen LogP contribution is -2.41. The van der Waals surface area contributed by atoms with Crippen molar-refractivity contribution in [2.75, 3.05) is 6.61 Å². The van der Waals surface area contributed by atoms with Gasteiger partial charge in [0.1, 0.15) is 6.61 Å². The van der Waals surface area contributed by atoms with Gasteiger partial charge in [0, 0.05) is 16.6 Å². The van der Waals surface area contributed by atoms with Crippen LogP contribution in [0, 0.1) is 10.1 Å². The molecule has 0 aliphatic carbocycles. The van der Waals surface area contributed by atoms with Crippen LogP contribution in [0.15, 0.2) is 18.2 Å². The Morgan fingerprint density at radius 3 is 2.76 bits per heavy atom. The van der Waals surface area contributed by atoms with Crippen LogP contribution >= 0.6 is 11.6 Å². The van der Waals surface area contributed by atoms with E-state index in [0.29, 0.717) is 11.4 Å². The van der Waals surface area contributed by atoms with Crippen molar-refractivity contribution in [3.63, 3.8) is 0 Å². The summed E-state index contributed by atoms with van der Waals surface area (Å²) in [7, 11) is 0. The van der Waals surface area contributed by atoms with Crippen LogP contribution in [0.1, 0.15) is 20.3 Å². The van der Waals surface area contributed by atoms with Crippen molar-refractivity contribution in [1.82, 2.24) is 0 Å². The van der Waals surface area contributed by atoms with Crippen LogP contribution in [-0.2, 0) is 0 Å². The molecular formula is C11H15ClN2O3. The molecule has 2 N–H and O–H groups in total. The molecular weight excluding hydrogens is 244 g/mol. The average Bonchev–Trinajstić information content (AvgIpc) is 2.27. The van der Waals surface area contributed by atoms with Gasteiger partial charge in [-0.3, -0.25) is 10.1 Å². The SMILES string of the molecule is CCC(C)(N)COc1ccc(Cl)cc1[N+](=O)[O-]. The standard InChI is InChI=1S/C11H15ClN2O3/c1-3-11(2,13)7-17-10-5-4-8(12)6-9(10)14(15)16/h4-6H,3,7,13H2,1-2H3. The molecule has 0 saturated carbocycles. The summed E-state index contributed by atoms with van der Waals surface area (Å²) < 4.78 is 5.38. The third kappa shape index (κ3) is 3.87. The Morgan fingerprint density at radius 2 is 2.24 bits per heavy atom. The molecule has 1 unspecified atom stereocenters. The van der Waals surface area contributed by atoms with E-state index in [9.17, 15) is 10.1 Å². The van der Waals surface area contributed by atoms with Crippen molar-refractivity contribution in [3.8, 4) is 5.75 Å². The van der Waals surface area contributed by atoms with Gasteiger partial charge < -0.3 is 10.5 Å². The maximum absolute atomic E-state index is 10.8. The average molecular weight is 259 g/mol. The van der Waals surface area contributed by atoms with Crippen molar-refractivity contribution in [3.05, 3.63) is 33.3 Å². The van der Waals surface area contributed by atoms with Crippen molar-refractivity contribution in [2.24, 2.45) is 5.73 Å². The van der Waals surface area contributed by atoms with Crippen LogP contribution in [0.25, 0.3) is 0 Å². The molecule has 17 heavy (non-hydrogen) atoms. The molecule has 1 atom stereocenters. The van der Waals surface area contributed by atoms with E-state index in [-0.39, 0.29) is 18.0 Å². The zero-order valence-corrected chi connectivity index (χ0v) is 10.5. The summed E-state index contributed by atoms with van der Waals surface area (Å²) in [6, 6.07) is 4.28. The van der Waals surface area contributed by atoms with Gasteiger partial charge in [-0.25, -0.2) is 0 Å². The van der Waals surface area contributed by atoms with Gasteiger partial charge in [-0.15, -0.1) is 0 Å². The number of halogens is 1. The van der Waals surface area contributed by atoms with Crippen molar-refractivity contribution >= 4 is 17.3 Å². The molecule has 0 heterocycles. The van der Waals surface area contributed by atoms with E-state index in [1.807, 2.05) is 13.8 Å². The Kier molecular flexibility index (Phi) is 4.31. The number of benzene rings is 1. The highest BCUT2D eigenvalue weighted by molar-refractivity contribution is 6.30. The minimum atomic E-state index is -0.527. The van der Waals surface area contributed by atoms with Crippen LogP contribution in [-0.4, -0.2) is 17.1 Å². The van der Waals surface area contributed by atoms with Gasteiger partial charge in [-0.2, -0.15) is 0 Å². The van der Waals surface area contributed by atoms with Gasteiger partial charge in [-0.1, -0.05) is 18.5 Å². The minimum Gasteiger partial charge on any atom is -0.485 e. The van der Waals surface area contributed by atoms with Crippen LogP contribution in [0.2, 0.25) is 5.02 Å². The molecule has 0 aromatic heterocycles. The number of hydrogen-bond acceptors (Lipinski definition) is 4. The summed E-state index contributed by atoms with van der Waals surface area (Å²) in [5.41, 5.74) is 5.24. The summed E-state index contributed by atoms with van der Waals surface area (Å²) in [5.74, 6) is 0.185. The normalized spacial score (nSPS) is 14.1. The molecule has 0 aliphatic heterocycles. The lowest BCUT2D eigenvalue weighted by Gasteiger charge is -2.22. The molecule has 0 amide bonds. The molecule has 1 aromatic rings. The lowest BCUT2D eigenvalue weighted by molar-refractivity contribution is -0.385. The number of ether oxygens (including phenoxy) is 1. The van der Waals surface area contributed by atoms with Gasteiger partial charge in [-0.05, 0) is 25.5 Å². The van der Waals surface area contributed by atoms with Crippen LogP contribution in [0.5, 0.6) is 5.75 Å². The molecule has 0 bridgehead atoms. The van der Waals surface area contributed by atoms with E-state index in [4.69, 9.17) is 22.1 Å². The highest BCUT2D eigenvalue weighted by atomic mass is 35.5. The van der Waals surface area contributed by atoms with Gasteiger partial charge in [0.05, 0.1) is 4.92 Å². The summed E-state index contributed by atoms with van der Waals surface area (Å²) in [6.07, 6.45) is 0.717. The number of nitrogens with two attached hydrogens (primary N) is 1. The minimum absolute atomic E-state index is 0.149. The van der Waals surface area contributed by atoms with Gasteiger partial charge in [0.25, 0.3) is 0 Å². The highest BCUT2D eigenvalue weighted by Gasteiger charge is 2.20. The lowest BCUT2D eigenvalue weighted by atomic mass is 10.0. The molecule has 6 heteroatoms. The third-order valence-electron chi connectivity index (χ3n) is 2.48. The number of nitrogens with zero attached hydrogens (tertiary/aromatic N) is 1. The Morgan fingerprint density at radius 1 is 1.59 bits per heavy atom. The van der Waals surface area contributed by atoms with E-state index in [1.165, 1.54) is 12.1 Å². The van der Waals surface area contributed by atoms with Crippen LogP contribution < -0.4 is 10.5 Å². The second-order valence-corrected chi connectivity index (χ2v) is 4.60. The second kappa shape index (κ2) is 5.33. The summed E-state index contributed by atoms with van der Waals surface area (Å²) >= 11 is 5.69. The quantitative estimate of drug-likeness (QED) is 0.651. The Hall–Kier alpha value is -1.33. The maximum atomic E-state index is 10.8. The number of nitro benzene ring substituents is 1. The molecule has 0 aliphatic rings. The fourth-order valence-corrected chi connectivity index (χ4v) is 1.27. The zero-order chi connectivity index (χ0) is 13.1. The molecule has 0 spiro atoms. The predicted octanol–water partition coefficient (Wildman–Crippen LogP) is 2.75. The smallest absolute Gasteiger partial charge is 0.312 e. The summed E-state index contributed by atoms with van der Waals surface area (Å²) in [4.78, 5) is 10.3. The largest absolute Gasteiger partial charge is 0.485 e. The number of nitro groups is 1. The topological polar surface area (TPSA) is 78.4 Å². The van der Waals surface area contributed by atoms with E-state index < -0.39 is 10.5 Å². The Bertz CT molecular complexity index is 421. The van der Waals surface area contributed by atoms with E-state index in [1.54, 1.807) is 6.07 Å². The molecule has 1 rings (SSSR count). The highest BCUT2D eigenvalue weighted by Crippen LogP contribution is 2.30. The van der Waals surface area contributed by atoms with E-state index >= 15 is 0 Å². The van der Waals surface area contributed by atoms with Crippen molar-refractivity contribution in [1.29, 1.82) is 0 Å². The molecule has 0 fully saturated rings. The van der Waals surface area contributed by atoms with E-state index in [2.05, 4.69) is 0 Å². The van der Waals surface area contributed by atoms with E-state index in [0.717, 1.165) is 0 Å². The first kappa shape index (κ1) is 13.7. The van der Waals surface area contributed by atoms with Crippen LogP contribution in [0.3, 0.4) is 0 Å².